The van der Waals surface area contributed by atoms with Crippen LogP contribution in [0.5, 0.6) is 0 Å². The van der Waals surface area contributed by atoms with Crippen LogP contribution < -0.4 is 5.73 Å². The minimum absolute atomic E-state index is 0.394. The van der Waals surface area contributed by atoms with Gasteiger partial charge in [-0.1, -0.05) is 32.6 Å². The molecule has 1 rings (SSSR count). The monoisotopic (exact) mass is 241 g/mol. The molecule has 0 spiro atoms. The molecule has 1 heterocycles. The molecular formula is C14H31N3. The summed E-state index contributed by atoms with van der Waals surface area (Å²) in [6.45, 7) is 5.81. The van der Waals surface area contributed by atoms with Crippen LogP contribution in [0.15, 0.2) is 0 Å². The van der Waals surface area contributed by atoms with Gasteiger partial charge in [0, 0.05) is 31.7 Å². The Morgan fingerprint density at radius 1 is 1.18 bits per heavy atom. The Balaban J connectivity index is 2.17. The molecule has 2 unspecified atom stereocenters. The molecule has 0 aromatic heterocycles. The number of hydrogen-bond acceptors (Lipinski definition) is 3. The number of hydrogen-bond donors (Lipinski definition) is 1. The van der Waals surface area contributed by atoms with E-state index in [2.05, 4.69) is 30.8 Å². The summed E-state index contributed by atoms with van der Waals surface area (Å²) in [5, 5.41) is 0. The molecule has 1 saturated heterocycles. The van der Waals surface area contributed by atoms with Crippen molar-refractivity contribution >= 4 is 0 Å². The van der Waals surface area contributed by atoms with Gasteiger partial charge in [0.15, 0.2) is 0 Å². The number of rotatable bonds is 7. The summed E-state index contributed by atoms with van der Waals surface area (Å²) >= 11 is 0. The number of likely N-dealkylation sites (N-methyl/N-ethyl adjacent to an activating group) is 2. The highest BCUT2D eigenvalue weighted by Crippen LogP contribution is 2.14. The molecule has 2 atom stereocenters. The maximum atomic E-state index is 6.25. The number of unbranched alkanes of at least 4 members (excludes halogenated alkanes) is 3. The Bertz CT molecular complexity index is 196. The fraction of sp³-hybridized carbons (Fsp3) is 1.00. The van der Waals surface area contributed by atoms with Gasteiger partial charge in [-0.2, -0.15) is 0 Å². The van der Waals surface area contributed by atoms with Gasteiger partial charge in [0.1, 0.15) is 0 Å². The largest absolute Gasteiger partial charge is 0.328 e. The Hall–Kier alpha value is -0.120. The van der Waals surface area contributed by atoms with E-state index >= 15 is 0 Å². The van der Waals surface area contributed by atoms with Gasteiger partial charge >= 0.3 is 0 Å². The van der Waals surface area contributed by atoms with E-state index in [4.69, 9.17) is 5.73 Å². The predicted octanol–water partition coefficient (Wildman–Crippen LogP) is 1.92. The lowest BCUT2D eigenvalue weighted by molar-refractivity contribution is 0.103. The Morgan fingerprint density at radius 2 is 1.94 bits per heavy atom. The quantitative estimate of drug-likeness (QED) is 0.691. The van der Waals surface area contributed by atoms with Gasteiger partial charge in [-0.05, 0) is 26.9 Å². The molecule has 2 N–H and O–H groups in total. The van der Waals surface area contributed by atoms with Crippen LogP contribution in [-0.2, 0) is 0 Å². The van der Waals surface area contributed by atoms with Gasteiger partial charge in [0.25, 0.3) is 0 Å². The molecule has 0 aromatic rings. The first-order valence-corrected chi connectivity index (χ1v) is 7.27. The number of nitrogens with zero attached hydrogens (tertiary/aromatic N) is 2. The molecule has 3 nitrogen and oxygen atoms in total. The van der Waals surface area contributed by atoms with Crippen molar-refractivity contribution in [2.75, 3.05) is 33.7 Å². The van der Waals surface area contributed by atoms with Crippen molar-refractivity contribution in [3.05, 3.63) is 0 Å². The van der Waals surface area contributed by atoms with Gasteiger partial charge in [-0.3, -0.25) is 0 Å². The average Bonchev–Trinajstić information content (AvgIpc) is 2.29. The van der Waals surface area contributed by atoms with Crippen molar-refractivity contribution in [2.45, 2.75) is 57.5 Å². The van der Waals surface area contributed by atoms with Crippen molar-refractivity contribution in [3.63, 3.8) is 0 Å². The Kier molecular flexibility index (Phi) is 7.09. The van der Waals surface area contributed by atoms with E-state index in [0.29, 0.717) is 12.1 Å². The van der Waals surface area contributed by atoms with Crippen molar-refractivity contribution in [1.82, 2.24) is 9.80 Å². The smallest absolute Gasteiger partial charge is 0.0235 e. The topological polar surface area (TPSA) is 32.5 Å². The van der Waals surface area contributed by atoms with E-state index in [-0.39, 0.29) is 0 Å². The second kappa shape index (κ2) is 8.06. The van der Waals surface area contributed by atoms with Crippen molar-refractivity contribution < 1.29 is 0 Å². The summed E-state index contributed by atoms with van der Waals surface area (Å²) in [5.41, 5.74) is 6.25. The van der Waals surface area contributed by atoms with Gasteiger partial charge in [0.2, 0.25) is 0 Å². The summed E-state index contributed by atoms with van der Waals surface area (Å²) in [7, 11) is 4.45. The summed E-state index contributed by atoms with van der Waals surface area (Å²) < 4.78 is 0. The molecule has 102 valence electrons. The first kappa shape index (κ1) is 14.9. The average molecular weight is 241 g/mol. The molecule has 17 heavy (non-hydrogen) atoms. The predicted molar refractivity (Wildman–Crippen MR) is 75.3 cm³/mol. The third kappa shape index (κ3) is 5.84. The third-order valence-electron chi connectivity index (χ3n) is 3.98. The summed E-state index contributed by atoms with van der Waals surface area (Å²) in [4.78, 5) is 4.90. The van der Waals surface area contributed by atoms with E-state index in [9.17, 15) is 0 Å². The zero-order chi connectivity index (χ0) is 12.7. The number of piperazine rings is 1. The molecule has 0 aromatic carbocycles. The Labute approximate surface area is 107 Å². The highest BCUT2D eigenvalue weighted by molar-refractivity contribution is 4.82. The van der Waals surface area contributed by atoms with Gasteiger partial charge in [-0.15, -0.1) is 0 Å². The minimum atomic E-state index is 0.394. The second-order valence-electron chi connectivity index (χ2n) is 5.74. The lowest BCUT2D eigenvalue weighted by Crippen LogP contribution is -2.51. The van der Waals surface area contributed by atoms with Crippen LogP contribution in [0.1, 0.15) is 45.4 Å². The summed E-state index contributed by atoms with van der Waals surface area (Å²) in [5.74, 6) is 0. The molecule has 0 saturated carbocycles. The van der Waals surface area contributed by atoms with Gasteiger partial charge < -0.3 is 15.5 Å². The summed E-state index contributed by atoms with van der Waals surface area (Å²) in [6, 6.07) is 1.06. The number of nitrogens with two attached hydrogens (primary N) is 1. The highest BCUT2D eigenvalue weighted by atomic mass is 15.3. The van der Waals surface area contributed by atoms with E-state index < -0.39 is 0 Å². The SMILES string of the molecule is CCCCCCC(N)CC1CN(C)CCN1C. The third-order valence-corrected chi connectivity index (χ3v) is 3.98. The lowest BCUT2D eigenvalue weighted by atomic mass is 9.99. The normalized spacial score (nSPS) is 25.1. The Morgan fingerprint density at radius 3 is 2.65 bits per heavy atom. The van der Waals surface area contributed by atoms with Crippen LogP contribution in [0.25, 0.3) is 0 Å². The van der Waals surface area contributed by atoms with E-state index in [1.807, 2.05) is 0 Å². The molecule has 0 radical (unpaired) electrons. The molecule has 1 aliphatic rings. The van der Waals surface area contributed by atoms with E-state index in [1.165, 1.54) is 51.7 Å². The molecule has 0 bridgehead atoms. The fourth-order valence-electron chi connectivity index (χ4n) is 2.66. The lowest BCUT2D eigenvalue weighted by Gasteiger charge is -2.38. The van der Waals surface area contributed by atoms with Crippen LogP contribution >= 0.6 is 0 Å². The molecular weight excluding hydrogens is 210 g/mol. The zero-order valence-electron chi connectivity index (χ0n) is 12.0. The molecule has 0 aliphatic carbocycles. The maximum Gasteiger partial charge on any atom is 0.0235 e. The van der Waals surface area contributed by atoms with Crippen LogP contribution in [0.4, 0.5) is 0 Å². The van der Waals surface area contributed by atoms with Crippen molar-refractivity contribution in [1.29, 1.82) is 0 Å². The zero-order valence-corrected chi connectivity index (χ0v) is 12.0. The van der Waals surface area contributed by atoms with E-state index in [0.717, 1.165) is 6.42 Å². The standard InChI is InChI=1S/C14H31N3/c1-4-5-6-7-8-13(15)11-14-12-16(2)9-10-17(14)3/h13-14H,4-12,15H2,1-3H3. The van der Waals surface area contributed by atoms with Crippen LogP contribution in [-0.4, -0.2) is 55.6 Å². The first-order valence-electron chi connectivity index (χ1n) is 7.27. The minimum Gasteiger partial charge on any atom is -0.328 e. The first-order chi connectivity index (χ1) is 8.13. The fourth-order valence-corrected chi connectivity index (χ4v) is 2.66. The molecule has 0 amide bonds. The van der Waals surface area contributed by atoms with Crippen LogP contribution in [0.2, 0.25) is 0 Å². The summed E-state index contributed by atoms with van der Waals surface area (Å²) in [6.07, 6.45) is 7.69. The van der Waals surface area contributed by atoms with Gasteiger partial charge in [-0.25, -0.2) is 0 Å². The van der Waals surface area contributed by atoms with Crippen LogP contribution in [0.3, 0.4) is 0 Å². The molecule has 3 heteroatoms. The maximum absolute atomic E-state index is 6.25. The van der Waals surface area contributed by atoms with E-state index in [1.54, 1.807) is 0 Å². The van der Waals surface area contributed by atoms with Crippen molar-refractivity contribution in [2.24, 2.45) is 5.73 Å². The van der Waals surface area contributed by atoms with Crippen LogP contribution in [0, 0.1) is 0 Å². The highest BCUT2D eigenvalue weighted by Gasteiger charge is 2.23. The molecule has 1 aliphatic heterocycles. The van der Waals surface area contributed by atoms with Crippen molar-refractivity contribution in [3.8, 4) is 0 Å². The molecule has 1 fully saturated rings. The van der Waals surface area contributed by atoms with Gasteiger partial charge in [0.05, 0.1) is 0 Å². The second-order valence-corrected chi connectivity index (χ2v) is 5.74.